The molecule has 1 heterocycles. The molecule has 9 heteroatoms. The molecule has 4 aromatic carbocycles. The van der Waals surface area contributed by atoms with Crippen LogP contribution in [0.5, 0.6) is 11.5 Å². The largest absolute Gasteiger partial charge is 0.457 e. The number of nitro benzene ring substituents is 1. The summed E-state index contributed by atoms with van der Waals surface area (Å²) in [6.45, 7) is 3.98. The van der Waals surface area contributed by atoms with Crippen molar-refractivity contribution in [3.63, 3.8) is 0 Å². The van der Waals surface area contributed by atoms with E-state index in [1.54, 1.807) is 24.3 Å². The molecule has 1 fully saturated rings. The fourth-order valence-corrected chi connectivity index (χ4v) is 5.01. The third kappa shape index (κ3) is 6.62. The zero-order chi connectivity index (χ0) is 30.6. The molecular weight excluding hydrogens is 548 g/mol. The summed E-state index contributed by atoms with van der Waals surface area (Å²) in [7, 11) is 0. The molecule has 0 aromatic heterocycles. The van der Waals surface area contributed by atoms with Crippen LogP contribution in [-0.4, -0.2) is 35.7 Å². The van der Waals surface area contributed by atoms with Crippen molar-refractivity contribution < 1.29 is 28.8 Å². The Kier molecular flexibility index (Phi) is 8.34. The molecule has 218 valence electrons. The van der Waals surface area contributed by atoms with Gasteiger partial charge in [0.2, 0.25) is 5.91 Å². The van der Waals surface area contributed by atoms with Crippen molar-refractivity contribution in [2.75, 3.05) is 18.1 Å². The summed E-state index contributed by atoms with van der Waals surface area (Å²) in [6, 6.07) is 30.4. The van der Waals surface area contributed by atoms with Crippen molar-refractivity contribution in [1.29, 1.82) is 0 Å². The van der Waals surface area contributed by atoms with Crippen molar-refractivity contribution in [2.45, 2.75) is 25.7 Å². The number of Topliss-reactive ketones (excluding diaryl/α,β-unsaturated/α-hetero) is 1. The van der Waals surface area contributed by atoms with Crippen molar-refractivity contribution in [1.82, 2.24) is 0 Å². The molecule has 0 spiro atoms. The molecule has 43 heavy (non-hydrogen) atoms. The lowest BCUT2D eigenvalue weighted by atomic mass is 9.78. The van der Waals surface area contributed by atoms with Gasteiger partial charge in [-0.25, -0.2) is 0 Å². The molecule has 0 N–H and O–H groups in total. The third-order valence-electron chi connectivity index (χ3n) is 7.66. The van der Waals surface area contributed by atoms with Gasteiger partial charge < -0.3 is 14.4 Å². The second-order valence-electron chi connectivity index (χ2n) is 10.9. The summed E-state index contributed by atoms with van der Waals surface area (Å²) >= 11 is 0. The lowest BCUT2D eigenvalue weighted by molar-refractivity contribution is -0.384. The highest BCUT2D eigenvalue weighted by Gasteiger charge is 2.36. The summed E-state index contributed by atoms with van der Waals surface area (Å²) in [5, 5.41) is 10.8. The number of hydrogen-bond donors (Lipinski definition) is 0. The first kappa shape index (κ1) is 29.2. The maximum Gasteiger partial charge on any atom is 0.311 e. The molecule has 0 unspecified atom stereocenters. The Morgan fingerprint density at radius 3 is 2.05 bits per heavy atom. The van der Waals surface area contributed by atoms with Gasteiger partial charge in [0.05, 0.1) is 10.8 Å². The quantitative estimate of drug-likeness (QED) is 0.0914. The fourth-order valence-electron chi connectivity index (χ4n) is 5.01. The minimum atomic E-state index is -0.716. The molecule has 0 aliphatic carbocycles. The molecule has 0 saturated carbocycles. The second-order valence-corrected chi connectivity index (χ2v) is 10.9. The van der Waals surface area contributed by atoms with Crippen LogP contribution in [0.4, 0.5) is 11.4 Å². The first-order valence-corrected chi connectivity index (χ1v) is 13.8. The first-order chi connectivity index (χ1) is 20.6. The van der Waals surface area contributed by atoms with E-state index >= 15 is 0 Å². The number of carbonyl (C=O) groups excluding carboxylic acids is 3. The Labute approximate surface area is 248 Å². The fraction of sp³-hybridized carbons (Fsp3) is 0.206. The number of carbonyl (C=O) groups is 3. The van der Waals surface area contributed by atoms with E-state index in [-0.39, 0.29) is 35.5 Å². The van der Waals surface area contributed by atoms with Crippen LogP contribution >= 0.6 is 0 Å². The molecule has 4 aromatic rings. The van der Waals surface area contributed by atoms with Crippen molar-refractivity contribution in [2.24, 2.45) is 5.92 Å². The lowest BCUT2D eigenvalue weighted by Gasteiger charge is -2.26. The summed E-state index contributed by atoms with van der Waals surface area (Å²) in [6.07, 6.45) is -0.0332. The predicted octanol–water partition coefficient (Wildman–Crippen LogP) is 6.49. The highest BCUT2D eigenvalue weighted by atomic mass is 16.6. The average Bonchev–Trinajstić information content (AvgIpc) is 3.42. The van der Waals surface area contributed by atoms with Gasteiger partial charge in [-0.3, -0.25) is 24.5 Å². The molecule has 0 radical (unpaired) electrons. The normalized spacial score (nSPS) is 14.8. The van der Waals surface area contributed by atoms with E-state index in [0.717, 1.165) is 5.56 Å². The standard InChI is InChI=1S/C34H30N2O7/c1-34(2,25-6-4-3-5-7-25)26-10-16-29(17-11-26)43-30-18-14-27(15-19-30)35-21-24(20-32(35)38)33(39)42-22-31(37)23-8-12-28(13-9-23)36(40)41/h3-19,24H,20-22H2,1-2H3/t24-/m0/s1. The number of anilines is 1. The van der Waals surface area contributed by atoms with E-state index in [9.17, 15) is 24.5 Å². The smallest absolute Gasteiger partial charge is 0.311 e. The van der Waals surface area contributed by atoms with Crippen LogP contribution in [0.15, 0.2) is 103 Å². The van der Waals surface area contributed by atoms with Crippen LogP contribution in [0.1, 0.15) is 41.8 Å². The number of rotatable bonds is 10. The molecule has 1 aliphatic heterocycles. The van der Waals surface area contributed by atoms with Crippen LogP contribution in [0, 0.1) is 16.0 Å². The molecule has 0 bridgehead atoms. The number of esters is 1. The number of non-ortho nitro benzene ring substituents is 1. The molecule has 5 rings (SSSR count). The number of nitro groups is 1. The van der Waals surface area contributed by atoms with Gasteiger partial charge in [0.25, 0.3) is 5.69 Å². The highest BCUT2D eigenvalue weighted by molar-refractivity contribution is 6.01. The third-order valence-corrected chi connectivity index (χ3v) is 7.66. The number of nitrogens with zero attached hydrogens (tertiary/aromatic N) is 2. The van der Waals surface area contributed by atoms with Gasteiger partial charge in [-0.2, -0.15) is 0 Å². The molecule has 9 nitrogen and oxygen atoms in total. The SMILES string of the molecule is CC(C)(c1ccccc1)c1ccc(Oc2ccc(N3C[C@@H](C(=O)OCC(=O)c4ccc([N+](=O)[O-])cc4)CC3=O)cc2)cc1. The van der Waals surface area contributed by atoms with Crippen LogP contribution < -0.4 is 9.64 Å². The summed E-state index contributed by atoms with van der Waals surface area (Å²) in [4.78, 5) is 49.4. The van der Waals surface area contributed by atoms with Crippen molar-refractivity contribution in [3.8, 4) is 11.5 Å². The van der Waals surface area contributed by atoms with Gasteiger partial charge >= 0.3 is 5.97 Å². The van der Waals surface area contributed by atoms with E-state index < -0.39 is 29.2 Å². The maximum absolute atomic E-state index is 12.7. The Bertz CT molecular complexity index is 1630. The average molecular weight is 579 g/mol. The molecule has 1 saturated heterocycles. The number of benzene rings is 4. The topological polar surface area (TPSA) is 116 Å². The minimum absolute atomic E-state index is 0.0332. The second kappa shape index (κ2) is 12.3. The lowest BCUT2D eigenvalue weighted by Crippen LogP contribution is -2.27. The Morgan fingerprint density at radius 1 is 0.860 bits per heavy atom. The van der Waals surface area contributed by atoms with Crippen LogP contribution in [0.2, 0.25) is 0 Å². The molecular formula is C34H30N2O7. The first-order valence-electron chi connectivity index (χ1n) is 13.8. The van der Waals surface area contributed by atoms with Crippen LogP contribution in [0.25, 0.3) is 0 Å². The Morgan fingerprint density at radius 2 is 1.44 bits per heavy atom. The zero-order valence-corrected chi connectivity index (χ0v) is 23.8. The van der Waals surface area contributed by atoms with Gasteiger partial charge in [-0.15, -0.1) is 0 Å². The molecule has 1 aliphatic rings. The Balaban J connectivity index is 1.15. The van der Waals surface area contributed by atoms with Gasteiger partial charge in [-0.1, -0.05) is 56.3 Å². The van der Waals surface area contributed by atoms with E-state index in [2.05, 4.69) is 38.1 Å². The van der Waals surface area contributed by atoms with Gasteiger partial charge in [0, 0.05) is 41.8 Å². The summed E-state index contributed by atoms with van der Waals surface area (Å²) in [5.74, 6) is -0.796. The number of amides is 1. The van der Waals surface area contributed by atoms with Crippen molar-refractivity contribution in [3.05, 3.63) is 130 Å². The van der Waals surface area contributed by atoms with E-state index in [4.69, 9.17) is 9.47 Å². The summed E-state index contributed by atoms with van der Waals surface area (Å²) in [5.41, 5.74) is 2.90. The predicted molar refractivity (Wildman–Crippen MR) is 160 cm³/mol. The highest BCUT2D eigenvalue weighted by Crippen LogP contribution is 2.34. The van der Waals surface area contributed by atoms with Crippen molar-refractivity contribution >= 4 is 29.0 Å². The monoisotopic (exact) mass is 578 g/mol. The van der Waals surface area contributed by atoms with E-state index in [0.29, 0.717) is 17.2 Å². The number of hydrogen-bond acceptors (Lipinski definition) is 7. The molecule has 1 amide bonds. The van der Waals surface area contributed by atoms with Crippen LogP contribution in [-0.2, 0) is 19.7 Å². The van der Waals surface area contributed by atoms with Gasteiger partial charge in [0.15, 0.2) is 12.4 Å². The summed E-state index contributed by atoms with van der Waals surface area (Å²) < 4.78 is 11.2. The number of ketones is 1. The van der Waals surface area contributed by atoms with E-state index in [1.807, 2.05) is 30.3 Å². The van der Waals surface area contributed by atoms with Crippen LogP contribution in [0.3, 0.4) is 0 Å². The minimum Gasteiger partial charge on any atom is -0.457 e. The van der Waals surface area contributed by atoms with Gasteiger partial charge in [0.1, 0.15) is 11.5 Å². The zero-order valence-electron chi connectivity index (χ0n) is 23.8. The number of ether oxygens (including phenoxy) is 2. The Hall–Kier alpha value is -5.31. The maximum atomic E-state index is 12.7. The van der Waals surface area contributed by atoms with E-state index in [1.165, 1.54) is 34.7 Å². The molecule has 1 atom stereocenters. The van der Waals surface area contributed by atoms with Gasteiger partial charge in [-0.05, 0) is 59.7 Å².